The second-order valence-corrected chi connectivity index (χ2v) is 8.29. The summed E-state index contributed by atoms with van der Waals surface area (Å²) in [5, 5.41) is 12.0. The summed E-state index contributed by atoms with van der Waals surface area (Å²) in [5.41, 5.74) is 0. The summed E-state index contributed by atoms with van der Waals surface area (Å²) < 4.78 is 0.102. The van der Waals surface area contributed by atoms with Crippen molar-refractivity contribution in [3.8, 4) is 0 Å². The molecule has 2 heterocycles. The number of hydrogen-bond donors (Lipinski definition) is 2. The van der Waals surface area contributed by atoms with E-state index in [-0.39, 0.29) is 16.2 Å². The van der Waals surface area contributed by atoms with Crippen molar-refractivity contribution in [3.63, 3.8) is 0 Å². The van der Waals surface area contributed by atoms with Gasteiger partial charge in [0, 0.05) is 17.0 Å². The molecule has 3 unspecified atom stereocenters. The van der Waals surface area contributed by atoms with Gasteiger partial charge < -0.3 is 10.4 Å². The molecule has 2 saturated heterocycles. The summed E-state index contributed by atoms with van der Waals surface area (Å²) in [6, 6.07) is -0.956. The van der Waals surface area contributed by atoms with Gasteiger partial charge in [0.05, 0.1) is 5.37 Å². The van der Waals surface area contributed by atoms with Crippen molar-refractivity contribution in [3.05, 3.63) is 0 Å². The van der Waals surface area contributed by atoms with Gasteiger partial charge in [0.15, 0.2) is 0 Å². The lowest BCUT2D eigenvalue weighted by atomic mass is 10.1. The Morgan fingerprint density at radius 2 is 2.26 bits per heavy atom. The molecule has 0 aromatic rings. The van der Waals surface area contributed by atoms with Crippen molar-refractivity contribution >= 4 is 35.5 Å². The van der Waals surface area contributed by atoms with E-state index in [2.05, 4.69) is 12.2 Å². The average Bonchev–Trinajstić information content (AvgIpc) is 2.93. The van der Waals surface area contributed by atoms with E-state index in [0.717, 1.165) is 12.2 Å². The molecule has 0 aromatic carbocycles. The number of nitrogens with one attached hydrogen (secondary N) is 1. The number of urea groups is 1. The van der Waals surface area contributed by atoms with Gasteiger partial charge in [0.1, 0.15) is 6.04 Å². The Kier molecular flexibility index (Phi) is 4.55. The van der Waals surface area contributed by atoms with Crippen LogP contribution in [0, 0.1) is 0 Å². The highest BCUT2D eigenvalue weighted by atomic mass is 32.2. The van der Waals surface area contributed by atoms with E-state index in [1.807, 2.05) is 18.7 Å². The van der Waals surface area contributed by atoms with Crippen LogP contribution in [0.25, 0.3) is 0 Å². The van der Waals surface area contributed by atoms with Gasteiger partial charge in [0.25, 0.3) is 0 Å². The van der Waals surface area contributed by atoms with Gasteiger partial charge >= 0.3 is 12.0 Å². The lowest BCUT2D eigenvalue weighted by molar-refractivity contribution is -0.141. The number of amides is 2. The predicted molar refractivity (Wildman–Crippen MR) is 78.7 cm³/mol. The molecule has 3 atom stereocenters. The molecule has 0 bridgehead atoms. The van der Waals surface area contributed by atoms with Crippen molar-refractivity contribution in [2.24, 2.45) is 0 Å². The third-order valence-corrected chi connectivity index (χ3v) is 6.41. The Hall–Kier alpha value is -0.560. The summed E-state index contributed by atoms with van der Waals surface area (Å²) in [5.74, 6) is 0.684. The molecule has 5 nitrogen and oxygen atoms in total. The SMILES string of the molecule is CC1SCC(C(=O)O)N1C(=O)NCC1(C)CCCS1. The summed E-state index contributed by atoms with van der Waals surface area (Å²) in [6.45, 7) is 4.64. The van der Waals surface area contributed by atoms with E-state index in [1.165, 1.54) is 23.1 Å². The molecular formula is C12H20N2O3S2. The zero-order valence-corrected chi connectivity index (χ0v) is 12.9. The lowest BCUT2D eigenvalue weighted by Gasteiger charge is -2.28. The van der Waals surface area contributed by atoms with Crippen LogP contribution in [-0.2, 0) is 4.79 Å². The maximum absolute atomic E-state index is 12.2. The molecule has 2 aliphatic heterocycles. The Morgan fingerprint density at radius 3 is 2.84 bits per heavy atom. The average molecular weight is 304 g/mol. The molecular weight excluding hydrogens is 284 g/mol. The van der Waals surface area contributed by atoms with E-state index in [1.54, 1.807) is 0 Å². The molecule has 0 aromatic heterocycles. The van der Waals surface area contributed by atoms with E-state index in [9.17, 15) is 9.59 Å². The molecule has 0 radical (unpaired) electrons. The van der Waals surface area contributed by atoms with Crippen molar-refractivity contribution in [1.29, 1.82) is 0 Å². The largest absolute Gasteiger partial charge is 0.480 e. The van der Waals surface area contributed by atoms with E-state index in [4.69, 9.17) is 5.11 Å². The van der Waals surface area contributed by atoms with Crippen LogP contribution in [0.1, 0.15) is 26.7 Å². The minimum Gasteiger partial charge on any atom is -0.480 e. The first-order valence-electron chi connectivity index (χ1n) is 6.47. The van der Waals surface area contributed by atoms with Crippen molar-refractivity contribution in [2.75, 3.05) is 18.1 Å². The quantitative estimate of drug-likeness (QED) is 0.832. The van der Waals surface area contributed by atoms with Crippen LogP contribution < -0.4 is 5.32 Å². The van der Waals surface area contributed by atoms with Crippen LogP contribution >= 0.6 is 23.5 Å². The first-order valence-corrected chi connectivity index (χ1v) is 8.51. The maximum Gasteiger partial charge on any atom is 0.327 e. The van der Waals surface area contributed by atoms with Gasteiger partial charge in [-0.05, 0) is 32.4 Å². The van der Waals surface area contributed by atoms with Crippen LogP contribution in [0.2, 0.25) is 0 Å². The van der Waals surface area contributed by atoms with E-state index < -0.39 is 12.0 Å². The highest BCUT2D eigenvalue weighted by Crippen LogP contribution is 2.37. The van der Waals surface area contributed by atoms with Crippen molar-refractivity contribution in [2.45, 2.75) is 42.9 Å². The fraction of sp³-hybridized carbons (Fsp3) is 0.833. The Morgan fingerprint density at radius 1 is 1.53 bits per heavy atom. The molecule has 7 heteroatoms. The van der Waals surface area contributed by atoms with Crippen molar-refractivity contribution < 1.29 is 14.7 Å². The number of carbonyl (C=O) groups excluding carboxylic acids is 1. The van der Waals surface area contributed by atoms with Crippen LogP contribution in [0.15, 0.2) is 0 Å². The van der Waals surface area contributed by atoms with Crippen molar-refractivity contribution in [1.82, 2.24) is 10.2 Å². The molecule has 2 amide bonds. The normalized spacial score (nSPS) is 34.5. The van der Waals surface area contributed by atoms with Gasteiger partial charge in [-0.15, -0.1) is 11.8 Å². The number of carboxylic acids is 1. The van der Waals surface area contributed by atoms with Crippen LogP contribution in [-0.4, -0.2) is 56.2 Å². The second-order valence-electron chi connectivity index (χ2n) is 5.25. The zero-order valence-electron chi connectivity index (χ0n) is 11.2. The molecule has 0 saturated carbocycles. The monoisotopic (exact) mass is 304 g/mol. The van der Waals surface area contributed by atoms with Crippen LogP contribution in [0.5, 0.6) is 0 Å². The number of hydrogen-bond acceptors (Lipinski definition) is 4. The van der Waals surface area contributed by atoms with Gasteiger partial charge in [-0.25, -0.2) is 9.59 Å². The minimum atomic E-state index is -0.923. The summed E-state index contributed by atoms with van der Waals surface area (Å²) in [7, 11) is 0. The third kappa shape index (κ3) is 3.31. The summed E-state index contributed by atoms with van der Waals surface area (Å²) in [6.07, 6.45) is 2.29. The Bertz CT molecular complexity index is 372. The molecule has 2 fully saturated rings. The summed E-state index contributed by atoms with van der Waals surface area (Å²) in [4.78, 5) is 24.8. The maximum atomic E-state index is 12.2. The number of carbonyl (C=O) groups is 2. The Balaban J connectivity index is 1.93. The van der Waals surface area contributed by atoms with Crippen LogP contribution in [0.4, 0.5) is 4.79 Å². The fourth-order valence-electron chi connectivity index (χ4n) is 2.47. The molecule has 19 heavy (non-hydrogen) atoms. The smallest absolute Gasteiger partial charge is 0.327 e. The number of thioether (sulfide) groups is 2. The van der Waals surface area contributed by atoms with Gasteiger partial charge in [-0.3, -0.25) is 4.90 Å². The Labute approximate surface area is 121 Å². The molecule has 2 N–H and O–H groups in total. The first kappa shape index (κ1) is 14.8. The standard InChI is InChI=1S/C12H20N2O3S2/c1-8-14(9(6-18-8)10(15)16)11(17)13-7-12(2)4-3-5-19-12/h8-9H,3-7H2,1-2H3,(H,13,17)(H,15,16). The minimum absolute atomic E-state index is 0.0786. The predicted octanol–water partition coefficient (Wildman–Crippen LogP) is 1.83. The van der Waals surface area contributed by atoms with Gasteiger partial charge in [-0.2, -0.15) is 11.8 Å². The highest BCUT2D eigenvalue weighted by Gasteiger charge is 2.40. The lowest BCUT2D eigenvalue weighted by Crippen LogP contribution is -2.51. The highest BCUT2D eigenvalue weighted by molar-refractivity contribution is 8.01. The number of nitrogens with zero attached hydrogens (tertiary/aromatic N) is 1. The molecule has 2 aliphatic rings. The molecule has 0 spiro atoms. The summed E-state index contributed by atoms with van der Waals surface area (Å²) >= 11 is 3.39. The zero-order chi connectivity index (χ0) is 14.0. The number of rotatable bonds is 3. The van der Waals surface area contributed by atoms with Crippen LogP contribution in [0.3, 0.4) is 0 Å². The number of carboxylic acid groups (broad SMARTS) is 1. The number of aliphatic carboxylic acids is 1. The molecule has 2 rings (SSSR count). The van der Waals surface area contributed by atoms with Gasteiger partial charge in [-0.1, -0.05) is 0 Å². The molecule has 0 aliphatic carbocycles. The van der Waals surface area contributed by atoms with Gasteiger partial charge in [0.2, 0.25) is 0 Å². The van der Waals surface area contributed by atoms with E-state index >= 15 is 0 Å². The topological polar surface area (TPSA) is 69.6 Å². The second kappa shape index (κ2) is 5.83. The fourth-order valence-corrected chi connectivity index (χ4v) is 4.88. The first-order chi connectivity index (χ1) is 8.93. The third-order valence-electron chi connectivity index (χ3n) is 3.66. The molecule has 108 valence electrons. The van der Waals surface area contributed by atoms with E-state index in [0.29, 0.717) is 12.3 Å².